The summed E-state index contributed by atoms with van der Waals surface area (Å²) in [4.78, 5) is 33.1. The van der Waals surface area contributed by atoms with Crippen LogP contribution in [0.1, 0.15) is 29.8 Å². The third-order valence-electron chi connectivity index (χ3n) is 9.49. The summed E-state index contributed by atoms with van der Waals surface area (Å²) in [6, 6.07) is 27.9. The number of carbonyl (C=O) groups excluding carboxylic acids is 2. The highest BCUT2D eigenvalue weighted by Crippen LogP contribution is 2.39. The van der Waals surface area contributed by atoms with Crippen molar-refractivity contribution >= 4 is 28.7 Å². The predicted molar refractivity (Wildman–Crippen MR) is 196 cm³/mol. The number of aromatic nitrogens is 1. The summed E-state index contributed by atoms with van der Waals surface area (Å²) in [6.07, 6.45) is -2.17. The van der Waals surface area contributed by atoms with Gasteiger partial charge in [0.1, 0.15) is 29.1 Å². The summed E-state index contributed by atoms with van der Waals surface area (Å²) in [7, 11) is 6.35. The van der Waals surface area contributed by atoms with E-state index in [1.54, 1.807) is 56.7 Å². The van der Waals surface area contributed by atoms with Crippen molar-refractivity contribution in [2.75, 3.05) is 33.3 Å². The van der Waals surface area contributed by atoms with E-state index >= 15 is 0 Å². The lowest BCUT2D eigenvalue weighted by Gasteiger charge is -2.45. The normalized spacial score (nSPS) is 20.2. The van der Waals surface area contributed by atoms with E-state index in [0.717, 1.165) is 22.1 Å². The molecule has 274 valence electrons. The largest absolute Gasteiger partial charge is 0.509 e. The van der Waals surface area contributed by atoms with Gasteiger partial charge in [0.2, 0.25) is 12.4 Å². The highest BCUT2D eigenvalue weighted by atomic mass is 16.8. The maximum absolute atomic E-state index is 14.5. The van der Waals surface area contributed by atoms with Crippen LogP contribution in [0, 0.1) is 0 Å². The quantitative estimate of drug-likeness (QED) is 0.129. The molecular formula is C41H40N2O10. The molecule has 0 N–H and O–H groups in total. The molecule has 0 aliphatic carbocycles. The van der Waals surface area contributed by atoms with Crippen molar-refractivity contribution in [3.05, 3.63) is 108 Å². The van der Waals surface area contributed by atoms with Gasteiger partial charge < -0.3 is 42.8 Å². The average molecular weight is 721 g/mol. The molecule has 12 heteroatoms. The predicted octanol–water partition coefficient (Wildman–Crippen LogP) is 7.21. The van der Waals surface area contributed by atoms with E-state index in [-0.39, 0.29) is 12.5 Å². The zero-order valence-corrected chi connectivity index (χ0v) is 30.2. The average Bonchev–Trinajstić information content (AvgIpc) is 3.57. The van der Waals surface area contributed by atoms with Crippen LogP contribution in [0.3, 0.4) is 0 Å². The van der Waals surface area contributed by atoms with Crippen LogP contribution in [0.5, 0.6) is 23.0 Å². The van der Waals surface area contributed by atoms with Crippen molar-refractivity contribution in [1.29, 1.82) is 0 Å². The maximum Gasteiger partial charge on any atom is 0.509 e. The van der Waals surface area contributed by atoms with E-state index in [1.165, 1.54) is 7.11 Å². The van der Waals surface area contributed by atoms with Crippen LogP contribution in [0.2, 0.25) is 0 Å². The van der Waals surface area contributed by atoms with Gasteiger partial charge in [0.25, 0.3) is 5.91 Å². The fourth-order valence-corrected chi connectivity index (χ4v) is 6.82. The fourth-order valence-electron chi connectivity index (χ4n) is 6.82. The van der Waals surface area contributed by atoms with E-state index in [1.807, 2.05) is 80.6 Å². The highest BCUT2D eigenvalue weighted by molar-refractivity contribution is 6.07. The molecule has 2 aliphatic rings. The van der Waals surface area contributed by atoms with Gasteiger partial charge in [0.15, 0.2) is 6.10 Å². The molecular weight excluding hydrogens is 680 g/mol. The Kier molecular flexibility index (Phi) is 9.82. The molecule has 0 bridgehead atoms. The van der Waals surface area contributed by atoms with Gasteiger partial charge in [-0.05, 0) is 85.6 Å². The smallest absolute Gasteiger partial charge is 0.497 e. The van der Waals surface area contributed by atoms with Crippen LogP contribution in [-0.2, 0) is 25.5 Å². The number of carbonyl (C=O) groups is 2. The minimum absolute atomic E-state index is 0.233. The maximum atomic E-state index is 14.5. The Morgan fingerprint density at radius 1 is 0.811 bits per heavy atom. The lowest BCUT2D eigenvalue weighted by molar-refractivity contribution is -0.282. The molecule has 4 atom stereocenters. The molecule has 1 amide bonds. The minimum Gasteiger partial charge on any atom is -0.497 e. The monoisotopic (exact) mass is 720 g/mol. The SMILES string of the molecule is COc1ccc(CN(C(=O)c2ccc(OC)c(-c3cccc(OC)c3)c2)c2cnc3cc(O[C@@H]4OC(C)(C)[C@H](OC)[C@H]5OC(=O)O[C@@H]45)ccc3c2)cc1. The number of ether oxygens (including phenoxy) is 8. The van der Waals surface area contributed by atoms with E-state index in [0.29, 0.717) is 39.8 Å². The van der Waals surface area contributed by atoms with E-state index in [9.17, 15) is 9.59 Å². The van der Waals surface area contributed by atoms with Crippen molar-refractivity contribution in [3.8, 4) is 34.1 Å². The number of methoxy groups -OCH3 is 4. The third-order valence-corrected chi connectivity index (χ3v) is 9.49. The van der Waals surface area contributed by atoms with E-state index < -0.39 is 36.4 Å². The number of benzene rings is 4. The Morgan fingerprint density at radius 3 is 2.30 bits per heavy atom. The molecule has 7 rings (SSSR count). The third kappa shape index (κ3) is 7.15. The second-order valence-corrected chi connectivity index (χ2v) is 13.2. The van der Waals surface area contributed by atoms with Crippen LogP contribution < -0.4 is 23.8 Å². The Hall–Kier alpha value is -5.85. The van der Waals surface area contributed by atoms with Crippen LogP contribution in [0.4, 0.5) is 10.5 Å². The Bertz CT molecular complexity index is 2140. The Balaban J connectivity index is 1.21. The van der Waals surface area contributed by atoms with Gasteiger partial charge >= 0.3 is 6.16 Å². The van der Waals surface area contributed by atoms with Gasteiger partial charge in [-0.2, -0.15) is 0 Å². The number of pyridine rings is 1. The van der Waals surface area contributed by atoms with Crippen LogP contribution >= 0.6 is 0 Å². The molecule has 2 saturated heterocycles. The molecule has 0 unspecified atom stereocenters. The summed E-state index contributed by atoms with van der Waals surface area (Å²) in [6.45, 7) is 3.94. The van der Waals surface area contributed by atoms with Gasteiger partial charge in [-0.15, -0.1) is 0 Å². The molecule has 2 fully saturated rings. The first-order chi connectivity index (χ1) is 25.6. The van der Waals surface area contributed by atoms with Gasteiger partial charge in [0, 0.05) is 29.7 Å². The molecule has 0 spiro atoms. The van der Waals surface area contributed by atoms with Gasteiger partial charge in [0.05, 0.1) is 50.9 Å². The molecule has 4 aromatic carbocycles. The van der Waals surface area contributed by atoms with Crippen molar-refractivity contribution < 1.29 is 47.5 Å². The van der Waals surface area contributed by atoms with Gasteiger partial charge in [-0.1, -0.05) is 24.3 Å². The molecule has 0 saturated carbocycles. The second kappa shape index (κ2) is 14.6. The second-order valence-electron chi connectivity index (χ2n) is 13.2. The van der Waals surface area contributed by atoms with Gasteiger partial charge in [-0.25, -0.2) is 4.79 Å². The summed E-state index contributed by atoms with van der Waals surface area (Å²) < 4.78 is 45.4. The Labute approximate surface area is 307 Å². The number of hydrogen-bond donors (Lipinski definition) is 0. The number of anilines is 1. The number of fused-ring (bicyclic) bond motifs is 2. The number of rotatable bonds is 11. The van der Waals surface area contributed by atoms with Crippen molar-refractivity contribution in [2.24, 2.45) is 0 Å². The summed E-state index contributed by atoms with van der Waals surface area (Å²) >= 11 is 0. The van der Waals surface area contributed by atoms with E-state index in [4.69, 9.17) is 42.9 Å². The first kappa shape index (κ1) is 35.5. The lowest BCUT2D eigenvalue weighted by Crippen LogP contribution is -2.62. The summed E-state index contributed by atoms with van der Waals surface area (Å²) in [5.41, 5.74) is 3.32. The molecule has 5 aromatic rings. The minimum atomic E-state index is -0.950. The standard InChI is InChI=1S/C41H40N2O10/c1-41(2)37(49-6)35-36(52-40(45)51-35)39(53-41)50-31-16-12-26-18-28(22-42-33(26)21-31)43(23-24-10-14-29(46-3)15-11-24)38(44)27-13-17-34(48-5)32(20-27)25-8-7-9-30(19-25)47-4/h7-22,35-37,39H,23H2,1-6H3/t35-,36+,37+,39+/m0/s1. The lowest BCUT2D eigenvalue weighted by atomic mass is 9.89. The van der Waals surface area contributed by atoms with Crippen LogP contribution in [-0.4, -0.2) is 75.7 Å². The van der Waals surface area contributed by atoms with Crippen molar-refractivity contribution in [2.45, 2.75) is 50.6 Å². The van der Waals surface area contributed by atoms with Crippen LogP contribution in [0.15, 0.2) is 97.2 Å². The van der Waals surface area contributed by atoms with Gasteiger partial charge in [-0.3, -0.25) is 9.78 Å². The molecule has 12 nitrogen and oxygen atoms in total. The molecule has 53 heavy (non-hydrogen) atoms. The molecule has 0 radical (unpaired) electrons. The first-order valence-corrected chi connectivity index (χ1v) is 17.0. The first-order valence-electron chi connectivity index (χ1n) is 17.0. The van der Waals surface area contributed by atoms with Crippen LogP contribution in [0.25, 0.3) is 22.0 Å². The fraction of sp³-hybridized carbons (Fsp3) is 0.293. The molecule has 1 aromatic heterocycles. The molecule has 3 heterocycles. The molecule has 2 aliphatic heterocycles. The Morgan fingerprint density at radius 2 is 1.57 bits per heavy atom. The zero-order chi connectivity index (χ0) is 37.3. The summed E-state index contributed by atoms with van der Waals surface area (Å²) in [5, 5.41) is 0.770. The number of nitrogens with zero attached hydrogens (tertiary/aromatic N) is 2. The number of amides is 1. The van der Waals surface area contributed by atoms with Crippen molar-refractivity contribution in [1.82, 2.24) is 4.98 Å². The number of hydrogen-bond acceptors (Lipinski definition) is 11. The zero-order valence-electron chi connectivity index (χ0n) is 30.2. The van der Waals surface area contributed by atoms with Crippen molar-refractivity contribution in [3.63, 3.8) is 0 Å². The highest BCUT2D eigenvalue weighted by Gasteiger charge is 2.58. The topological polar surface area (TPSA) is 124 Å². The summed E-state index contributed by atoms with van der Waals surface area (Å²) in [5.74, 6) is 2.24. The van der Waals surface area contributed by atoms with E-state index in [2.05, 4.69) is 0 Å².